The SMILES string of the molecule is CC1(c2ccc(C(=O)NC3CCN(C4CCCCC4)CC3)cc2)NC(=O)NC1=O. The van der Waals surface area contributed by atoms with Crippen molar-refractivity contribution < 1.29 is 14.4 Å². The van der Waals surface area contributed by atoms with Crippen LogP contribution in [0.4, 0.5) is 4.79 Å². The third-order valence-electron chi connectivity index (χ3n) is 6.73. The molecule has 3 aliphatic rings. The van der Waals surface area contributed by atoms with Crippen LogP contribution in [0.25, 0.3) is 0 Å². The van der Waals surface area contributed by atoms with Crippen molar-refractivity contribution in [1.29, 1.82) is 0 Å². The molecule has 1 unspecified atom stereocenters. The molecule has 3 fully saturated rings. The summed E-state index contributed by atoms with van der Waals surface area (Å²) < 4.78 is 0. The zero-order valence-corrected chi connectivity index (χ0v) is 17.0. The van der Waals surface area contributed by atoms with Gasteiger partial charge in [0.2, 0.25) is 0 Å². The van der Waals surface area contributed by atoms with Crippen LogP contribution in [0.1, 0.15) is 67.8 Å². The van der Waals surface area contributed by atoms with Crippen LogP contribution in [0.5, 0.6) is 0 Å². The van der Waals surface area contributed by atoms with E-state index in [9.17, 15) is 14.4 Å². The Morgan fingerprint density at radius 2 is 1.69 bits per heavy atom. The molecule has 1 aromatic rings. The molecule has 4 rings (SSSR count). The number of likely N-dealkylation sites (tertiary alicyclic amines) is 1. The molecule has 0 bridgehead atoms. The van der Waals surface area contributed by atoms with Gasteiger partial charge in [-0.15, -0.1) is 0 Å². The number of imide groups is 1. The van der Waals surface area contributed by atoms with Gasteiger partial charge in [-0.1, -0.05) is 31.4 Å². The lowest BCUT2D eigenvalue weighted by Gasteiger charge is -2.39. The highest BCUT2D eigenvalue weighted by molar-refractivity contribution is 6.07. The predicted molar refractivity (Wildman–Crippen MR) is 109 cm³/mol. The molecule has 2 saturated heterocycles. The molecule has 156 valence electrons. The summed E-state index contributed by atoms with van der Waals surface area (Å²) in [4.78, 5) is 38.8. The van der Waals surface area contributed by atoms with Crippen LogP contribution in [0.3, 0.4) is 0 Å². The Morgan fingerprint density at radius 3 is 2.28 bits per heavy atom. The number of benzene rings is 1. The maximum absolute atomic E-state index is 12.7. The van der Waals surface area contributed by atoms with Crippen LogP contribution in [-0.4, -0.2) is 47.9 Å². The predicted octanol–water partition coefficient (Wildman–Crippen LogP) is 2.27. The molecule has 1 aromatic carbocycles. The number of amides is 4. The van der Waals surface area contributed by atoms with Gasteiger partial charge >= 0.3 is 6.03 Å². The van der Waals surface area contributed by atoms with E-state index in [1.807, 2.05) is 0 Å². The Kier molecular flexibility index (Phi) is 5.58. The summed E-state index contributed by atoms with van der Waals surface area (Å²) in [6, 6.07) is 7.33. The van der Waals surface area contributed by atoms with Crippen molar-refractivity contribution in [3.05, 3.63) is 35.4 Å². The smallest absolute Gasteiger partial charge is 0.322 e. The summed E-state index contributed by atoms with van der Waals surface area (Å²) in [5.74, 6) is -0.470. The third kappa shape index (κ3) is 4.15. The van der Waals surface area contributed by atoms with Crippen molar-refractivity contribution in [2.45, 2.75) is 69.5 Å². The third-order valence-corrected chi connectivity index (χ3v) is 6.73. The van der Waals surface area contributed by atoms with Gasteiger partial charge in [0.25, 0.3) is 11.8 Å². The Hall–Kier alpha value is -2.41. The second-order valence-corrected chi connectivity index (χ2v) is 8.69. The topological polar surface area (TPSA) is 90.5 Å². The van der Waals surface area contributed by atoms with E-state index in [0.29, 0.717) is 11.1 Å². The van der Waals surface area contributed by atoms with E-state index < -0.39 is 11.6 Å². The largest absolute Gasteiger partial charge is 0.349 e. The zero-order chi connectivity index (χ0) is 20.4. The second kappa shape index (κ2) is 8.14. The quantitative estimate of drug-likeness (QED) is 0.679. The molecule has 1 atom stereocenters. The molecular formula is C22H30N4O3. The van der Waals surface area contributed by atoms with Crippen molar-refractivity contribution in [3.8, 4) is 0 Å². The Morgan fingerprint density at radius 1 is 1.03 bits per heavy atom. The maximum atomic E-state index is 12.7. The van der Waals surface area contributed by atoms with Gasteiger partial charge in [0.1, 0.15) is 5.54 Å². The van der Waals surface area contributed by atoms with Gasteiger partial charge in [0.15, 0.2) is 0 Å². The van der Waals surface area contributed by atoms with Gasteiger partial charge in [0.05, 0.1) is 0 Å². The fourth-order valence-corrected chi connectivity index (χ4v) is 4.83. The van der Waals surface area contributed by atoms with Crippen molar-refractivity contribution in [2.75, 3.05) is 13.1 Å². The maximum Gasteiger partial charge on any atom is 0.322 e. The number of nitrogens with zero attached hydrogens (tertiary/aromatic N) is 1. The molecule has 7 heteroatoms. The number of rotatable bonds is 4. The number of urea groups is 1. The molecule has 0 spiro atoms. The first-order valence-electron chi connectivity index (χ1n) is 10.7. The van der Waals surface area contributed by atoms with Crippen molar-refractivity contribution in [2.24, 2.45) is 0 Å². The molecule has 29 heavy (non-hydrogen) atoms. The van der Waals surface area contributed by atoms with Gasteiger partial charge in [-0.3, -0.25) is 14.9 Å². The van der Waals surface area contributed by atoms with Gasteiger partial charge in [-0.05, 0) is 50.3 Å². The number of hydrogen-bond donors (Lipinski definition) is 3. The van der Waals surface area contributed by atoms with Gasteiger partial charge < -0.3 is 15.5 Å². The van der Waals surface area contributed by atoms with Crippen molar-refractivity contribution >= 4 is 17.8 Å². The van der Waals surface area contributed by atoms with Crippen molar-refractivity contribution in [1.82, 2.24) is 20.9 Å². The molecule has 3 N–H and O–H groups in total. The van der Waals surface area contributed by atoms with Crippen LogP contribution >= 0.6 is 0 Å². The molecule has 7 nitrogen and oxygen atoms in total. The minimum atomic E-state index is -1.10. The van der Waals surface area contributed by atoms with Crippen LogP contribution in [0.15, 0.2) is 24.3 Å². The van der Waals surface area contributed by atoms with Crippen LogP contribution in [0, 0.1) is 0 Å². The molecule has 4 amide bonds. The summed E-state index contributed by atoms with van der Waals surface area (Å²) in [5, 5.41) is 8.05. The van der Waals surface area contributed by atoms with Gasteiger partial charge in [0, 0.05) is 30.7 Å². The molecule has 0 aromatic heterocycles. The van der Waals surface area contributed by atoms with E-state index in [-0.39, 0.29) is 17.9 Å². The van der Waals surface area contributed by atoms with Gasteiger partial charge in [-0.25, -0.2) is 4.79 Å². The summed E-state index contributed by atoms with van der Waals surface area (Å²) in [5.41, 5.74) is 0.118. The minimum Gasteiger partial charge on any atom is -0.349 e. The number of hydrogen-bond acceptors (Lipinski definition) is 4. The number of carbonyl (C=O) groups is 3. The lowest BCUT2D eigenvalue weighted by molar-refractivity contribution is -0.123. The summed E-state index contributed by atoms with van der Waals surface area (Å²) in [6.07, 6.45) is 8.69. The van der Waals surface area contributed by atoms with E-state index in [0.717, 1.165) is 32.0 Å². The average Bonchev–Trinajstić information content (AvgIpc) is 3.01. The fraction of sp³-hybridized carbons (Fsp3) is 0.591. The average molecular weight is 399 g/mol. The van der Waals surface area contributed by atoms with E-state index in [2.05, 4.69) is 20.9 Å². The normalized spacial score (nSPS) is 26.8. The van der Waals surface area contributed by atoms with E-state index in [1.165, 1.54) is 32.1 Å². The lowest BCUT2D eigenvalue weighted by atomic mass is 9.91. The van der Waals surface area contributed by atoms with Crippen LogP contribution in [-0.2, 0) is 10.3 Å². The highest BCUT2D eigenvalue weighted by atomic mass is 16.2. The fourth-order valence-electron chi connectivity index (χ4n) is 4.83. The molecule has 2 aliphatic heterocycles. The molecule has 2 heterocycles. The number of carbonyl (C=O) groups excluding carboxylic acids is 3. The molecule has 0 radical (unpaired) electrons. The molecular weight excluding hydrogens is 368 g/mol. The summed E-state index contributed by atoms with van der Waals surface area (Å²) in [6.45, 7) is 3.77. The highest BCUT2D eigenvalue weighted by Gasteiger charge is 2.43. The lowest BCUT2D eigenvalue weighted by Crippen LogP contribution is -2.48. The second-order valence-electron chi connectivity index (χ2n) is 8.69. The summed E-state index contributed by atoms with van der Waals surface area (Å²) in [7, 11) is 0. The molecule has 1 saturated carbocycles. The zero-order valence-electron chi connectivity index (χ0n) is 17.0. The van der Waals surface area contributed by atoms with Crippen molar-refractivity contribution in [3.63, 3.8) is 0 Å². The Labute approximate surface area is 171 Å². The highest BCUT2D eigenvalue weighted by Crippen LogP contribution is 2.26. The van der Waals surface area contributed by atoms with E-state index in [4.69, 9.17) is 0 Å². The monoisotopic (exact) mass is 398 g/mol. The standard InChI is InChI=1S/C22H30N4O3/c1-22(20(28)24-21(29)25-22)16-9-7-15(8-10-16)19(27)23-17-11-13-26(14-12-17)18-5-3-2-4-6-18/h7-10,17-18H,2-6,11-14H2,1H3,(H,23,27)(H2,24,25,28,29). The van der Waals surface area contributed by atoms with Crippen LogP contribution < -0.4 is 16.0 Å². The van der Waals surface area contributed by atoms with Gasteiger partial charge in [-0.2, -0.15) is 0 Å². The number of piperidine rings is 1. The molecule has 1 aliphatic carbocycles. The van der Waals surface area contributed by atoms with E-state index >= 15 is 0 Å². The summed E-state index contributed by atoms with van der Waals surface area (Å²) >= 11 is 0. The Bertz CT molecular complexity index is 780. The first-order valence-corrected chi connectivity index (χ1v) is 10.7. The number of nitrogens with one attached hydrogen (secondary N) is 3. The first-order chi connectivity index (χ1) is 14.0. The van der Waals surface area contributed by atoms with E-state index in [1.54, 1.807) is 31.2 Å². The Balaban J connectivity index is 1.31. The first kappa shape index (κ1) is 19.9. The van der Waals surface area contributed by atoms with Crippen LogP contribution in [0.2, 0.25) is 0 Å². The minimum absolute atomic E-state index is 0.0854.